The van der Waals surface area contributed by atoms with Crippen LogP contribution >= 0.6 is 11.6 Å². The van der Waals surface area contributed by atoms with Gasteiger partial charge in [-0.25, -0.2) is 14.8 Å². The van der Waals surface area contributed by atoms with Crippen LogP contribution in [-0.2, 0) is 4.74 Å². The summed E-state index contributed by atoms with van der Waals surface area (Å²) in [5, 5.41) is 3.00. The van der Waals surface area contributed by atoms with Gasteiger partial charge in [0.25, 0.3) is 5.91 Å². The molecule has 0 aliphatic carbocycles. The number of anilines is 2. The summed E-state index contributed by atoms with van der Waals surface area (Å²) < 4.78 is 4.68. The average Bonchev–Trinajstić information content (AvgIpc) is 2.69. The van der Waals surface area contributed by atoms with Gasteiger partial charge in [0.2, 0.25) is 5.95 Å². The van der Waals surface area contributed by atoms with Gasteiger partial charge < -0.3 is 15.0 Å². The number of benzene rings is 1. The van der Waals surface area contributed by atoms with Crippen molar-refractivity contribution < 1.29 is 14.3 Å². The summed E-state index contributed by atoms with van der Waals surface area (Å²) in [5.74, 6) is -0.382. The molecule has 7 nitrogen and oxygen atoms in total. The van der Waals surface area contributed by atoms with Crippen molar-refractivity contribution in [3.63, 3.8) is 0 Å². The Morgan fingerprint density at radius 1 is 1.19 bits per heavy atom. The van der Waals surface area contributed by atoms with E-state index in [1.165, 1.54) is 31.7 Å². The van der Waals surface area contributed by atoms with Crippen molar-refractivity contribution in [1.29, 1.82) is 0 Å². The van der Waals surface area contributed by atoms with Crippen LogP contribution in [0.1, 0.15) is 40.1 Å². The van der Waals surface area contributed by atoms with Gasteiger partial charge in [-0.1, -0.05) is 11.6 Å². The number of rotatable bonds is 4. The molecule has 1 saturated heterocycles. The Morgan fingerprint density at radius 3 is 2.69 bits per heavy atom. The molecule has 1 amide bonds. The third-order valence-corrected chi connectivity index (χ3v) is 4.48. The van der Waals surface area contributed by atoms with Gasteiger partial charge in [0.15, 0.2) is 0 Å². The molecule has 2 aromatic rings. The molecular weight excluding hydrogens is 356 g/mol. The number of esters is 1. The maximum absolute atomic E-state index is 12.6. The van der Waals surface area contributed by atoms with Crippen LogP contribution in [0.25, 0.3) is 0 Å². The van der Waals surface area contributed by atoms with Crippen molar-refractivity contribution in [2.45, 2.75) is 19.3 Å². The number of methoxy groups -OCH3 is 1. The van der Waals surface area contributed by atoms with E-state index in [0.29, 0.717) is 22.2 Å². The molecule has 1 aromatic carbocycles. The summed E-state index contributed by atoms with van der Waals surface area (Å²) in [6, 6.07) is 6.07. The topological polar surface area (TPSA) is 84.4 Å². The highest BCUT2D eigenvalue weighted by atomic mass is 35.5. The van der Waals surface area contributed by atoms with E-state index in [4.69, 9.17) is 11.6 Å². The van der Waals surface area contributed by atoms with Crippen LogP contribution in [0.15, 0.2) is 30.5 Å². The third kappa shape index (κ3) is 4.11. The van der Waals surface area contributed by atoms with Gasteiger partial charge in [0.05, 0.1) is 23.4 Å². The molecule has 0 saturated carbocycles. The predicted molar refractivity (Wildman–Crippen MR) is 98.8 cm³/mol. The number of piperidine rings is 1. The number of nitrogens with zero attached hydrogens (tertiary/aromatic N) is 3. The van der Waals surface area contributed by atoms with E-state index in [-0.39, 0.29) is 5.69 Å². The van der Waals surface area contributed by atoms with E-state index in [0.717, 1.165) is 25.9 Å². The average molecular weight is 375 g/mol. The molecule has 1 aromatic heterocycles. The minimum atomic E-state index is -0.508. The van der Waals surface area contributed by atoms with Crippen molar-refractivity contribution in [2.75, 3.05) is 30.4 Å². The minimum absolute atomic E-state index is 0.236. The first-order valence-electron chi connectivity index (χ1n) is 8.35. The maximum atomic E-state index is 12.6. The number of ether oxygens (including phenoxy) is 1. The molecule has 2 heterocycles. The van der Waals surface area contributed by atoms with E-state index in [1.54, 1.807) is 12.3 Å². The summed E-state index contributed by atoms with van der Waals surface area (Å²) in [7, 11) is 1.29. The fraction of sp³-hybridized carbons (Fsp3) is 0.333. The Kier molecular flexibility index (Phi) is 5.68. The fourth-order valence-corrected chi connectivity index (χ4v) is 2.94. The first-order valence-corrected chi connectivity index (χ1v) is 8.73. The zero-order valence-corrected chi connectivity index (χ0v) is 15.1. The monoisotopic (exact) mass is 374 g/mol. The Morgan fingerprint density at radius 2 is 1.96 bits per heavy atom. The van der Waals surface area contributed by atoms with Gasteiger partial charge in [-0.2, -0.15) is 0 Å². The summed E-state index contributed by atoms with van der Waals surface area (Å²) in [4.78, 5) is 34.9. The molecule has 3 rings (SSSR count). The van der Waals surface area contributed by atoms with Crippen LogP contribution in [0, 0.1) is 0 Å². The molecule has 1 fully saturated rings. The molecule has 8 heteroatoms. The second-order valence-corrected chi connectivity index (χ2v) is 6.34. The highest BCUT2D eigenvalue weighted by Gasteiger charge is 2.17. The molecular formula is C18H19ClN4O3. The third-order valence-electron chi connectivity index (χ3n) is 4.15. The maximum Gasteiger partial charge on any atom is 0.337 e. The smallest absolute Gasteiger partial charge is 0.337 e. The summed E-state index contributed by atoms with van der Waals surface area (Å²) in [5.41, 5.74) is 0.849. The van der Waals surface area contributed by atoms with Crippen molar-refractivity contribution in [3.8, 4) is 0 Å². The molecule has 0 bridgehead atoms. The Labute approximate surface area is 156 Å². The molecule has 0 radical (unpaired) electrons. The second-order valence-electron chi connectivity index (χ2n) is 5.93. The van der Waals surface area contributed by atoms with Gasteiger partial charge in [0, 0.05) is 19.3 Å². The lowest BCUT2D eigenvalue weighted by atomic mass is 10.1. The standard InChI is InChI=1S/C18H19ClN4O3/c1-26-17(25)12-5-6-13(19)15(11-12)21-16(24)14-7-8-20-18(22-14)23-9-3-2-4-10-23/h5-8,11H,2-4,9-10H2,1H3,(H,21,24). The molecule has 136 valence electrons. The van der Waals surface area contributed by atoms with E-state index in [1.807, 2.05) is 0 Å². The first-order chi connectivity index (χ1) is 12.6. The minimum Gasteiger partial charge on any atom is -0.465 e. The molecule has 1 aliphatic heterocycles. The molecule has 26 heavy (non-hydrogen) atoms. The van der Waals surface area contributed by atoms with Crippen molar-refractivity contribution >= 4 is 35.1 Å². The lowest BCUT2D eigenvalue weighted by molar-refractivity contribution is 0.0600. The van der Waals surface area contributed by atoms with Crippen LogP contribution < -0.4 is 10.2 Å². The van der Waals surface area contributed by atoms with Crippen LogP contribution in [0.4, 0.5) is 11.6 Å². The van der Waals surface area contributed by atoms with Crippen molar-refractivity contribution in [1.82, 2.24) is 9.97 Å². The Balaban J connectivity index is 1.79. The van der Waals surface area contributed by atoms with E-state index in [2.05, 4.69) is 24.9 Å². The first kappa shape index (κ1) is 18.1. The number of amides is 1. The fourth-order valence-electron chi connectivity index (χ4n) is 2.77. The van der Waals surface area contributed by atoms with Gasteiger partial charge in [-0.3, -0.25) is 4.79 Å². The molecule has 0 spiro atoms. The zero-order chi connectivity index (χ0) is 18.5. The van der Waals surface area contributed by atoms with Gasteiger partial charge >= 0.3 is 5.97 Å². The van der Waals surface area contributed by atoms with Gasteiger partial charge in [0.1, 0.15) is 5.69 Å². The van der Waals surface area contributed by atoms with Crippen LogP contribution in [0.2, 0.25) is 5.02 Å². The number of hydrogen-bond donors (Lipinski definition) is 1. The molecule has 1 N–H and O–H groups in total. The van der Waals surface area contributed by atoms with Crippen molar-refractivity contribution in [2.24, 2.45) is 0 Å². The summed E-state index contributed by atoms with van der Waals surface area (Å²) in [6.45, 7) is 1.77. The summed E-state index contributed by atoms with van der Waals surface area (Å²) in [6.07, 6.45) is 4.95. The zero-order valence-electron chi connectivity index (χ0n) is 14.4. The number of nitrogens with one attached hydrogen (secondary N) is 1. The SMILES string of the molecule is COC(=O)c1ccc(Cl)c(NC(=O)c2ccnc(N3CCCCC3)n2)c1. The van der Waals surface area contributed by atoms with Crippen molar-refractivity contribution in [3.05, 3.63) is 46.7 Å². The van der Waals surface area contributed by atoms with E-state index < -0.39 is 11.9 Å². The highest BCUT2D eigenvalue weighted by Crippen LogP contribution is 2.24. The number of carbonyl (C=O) groups excluding carboxylic acids is 2. The number of carbonyl (C=O) groups is 2. The quantitative estimate of drug-likeness (QED) is 0.827. The molecule has 0 unspecified atom stereocenters. The molecule has 0 atom stereocenters. The Bertz CT molecular complexity index is 822. The largest absolute Gasteiger partial charge is 0.465 e. The van der Waals surface area contributed by atoms with Crippen LogP contribution in [-0.4, -0.2) is 42.0 Å². The van der Waals surface area contributed by atoms with Gasteiger partial charge in [-0.05, 0) is 43.5 Å². The highest BCUT2D eigenvalue weighted by molar-refractivity contribution is 6.34. The van der Waals surface area contributed by atoms with E-state index in [9.17, 15) is 9.59 Å². The lowest BCUT2D eigenvalue weighted by Gasteiger charge is -2.26. The second kappa shape index (κ2) is 8.14. The molecule has 1 aliphatic rings. The number of halogens is 1. The summed E-state index contributed by atoms with van der Waals surface area (Å²) >= 11 is 6.12. The lowest BCUT2D eigenvalue weighted by Crippen LogP contribution is -2.31. The Hall–Kier alpha value is -2.67. The number of aromatic nitrogens is 2. The van der Waals surface area contributed by atoms with Crippen LogP contribution in [0.5, 0.6) is 0 Å². The number of hydrogen-bond acceptors (Lipinski definition) is 6. The van der Waals surface area contributed by atoms with Crippen LogP contribution in [0.3, 0.4) is 0 Å². The van der Waals surface area contributed by atoms with E-state index >= 15 is 0 Å². The van der Waals surface area contributed by atoms with Gasteiger partial charge in [-0.15, -0.1) is 0 Å². The normalized spacial score (nSPS) is 14.0. The predicted octanol–water partition coefficient (Wildman–Crippen LogP) is 3.16.